The zero-order valence-electron chi connectivity index (χ0n) is 14.9. The van der Waals surface area contributed by atoms with Gasteiger partial charge in [0.25, 0.3) is 11.1 Å². The van der Waals surface area contributed by atoms with Gasteiger partial charge in [-0.05, 0) is 42.0 Å². The first-order valence-electron chi connectivity index (χ1n) is 8.13. The molecule has 0 spiro atoms. The quantitative estimate of drug-likeness (QED) is 0.390. The largest absolute Gasteiger partial charge is 0.493 e. The third-order valence-electron chi connectivity index (χ3n) is 3.63. The maximum atomic E-state index is 12.3. The molecule has 140 valence electrons. The van der Waals surface area contributed by atoms with Gasteiger partial charge in [-0.3, -0.25) is 19.3 Å². The van der Waals surface area contributed by atoms with Crippen LogP contribution in [0.1, 0.15) is 25.3 Å². The molecule has 26 heavy (non-hydrogen) atoms. The number of hydrogen-bond acceptors (Lipinski definition) is 7. The SMILES string of the molecule is CCCCOc1ccc(/C=C2\SC(=O)N(CC(=O)OC)C2=O)cc1OC. The Bertz CT molecular complexity index is 730. The molecule has 8 heteroatoms. The minimum atomic E-state index is -0.649. The number of imide groups is 1. The van der Waals surface area contributed by atoms with Crippen LogP contribution in [0.3, 0.4) is 0 Å². The lowest BCUT2D eigenvalue weighted by molar-refractivity contribution is -0.143. The number of benzene rings is 1. The van der Waals surface area contributed by atoms with Crippen LogP contribution in [0.15, 0.2) is 23.1 Å². The number of nitrogens with zero attached hydrogens (tertiary/aromatic N) is 1. The molecule has 0 bridgehead atoms. The van der Waals surface area contributed by atoms with Gasteiger partial charge in [0, 0.05) is 0 Å². The summed E-state index contributed by atoms with van der Waals surface area (Å²) in [7, 11) is 2.74. The molecule has 1 aliphatic rings. The molecule has 0 atom stereocenters. The first-order valence-corrected chi connectivity index (χ1v) is 8.94. The molecular weight excluding hydrogens is 358 g/mol. The number of thioether (sulfide) groups is 1. The molecule has 7 nitrogen and oxygen atoms in total. The number of carbonyl (C=O) groups excluding carboxylic acids is 3. The van der Waals surface area contributed by atoms with Gasteiger partial charge in [-0.25, -0.2) is 0 Å². The topological polar surface area (TPSA) is 82.1 Å². The second kappa shape index (κ2) is 9.28. The van der Waals surface area contributed by atoms with E-state index in [0.717, 1.165) is 29.5 Å². The smallest absolute Gasteiger partial charge is 0.325 e. The molecule has 0 N–H and O–H groups in total. The van der Waals surface area contributed by atoms with Crippen molar-refractivity contribution in [1.82, 2.24) is 4.90 Å². The van der Waals surface area contributed by atoms with Crippen LogP contribution in [0.2, 0.25) is 0 Å². The summed E-state index contributed by atoms with van der Waals surface area (Å²) < 4.78 is 15.5. The Balaban J connectivity index is 2.17. The van der Waals surface area contributed by atoms with Gasteiger partial charge >= 0.3 is 5.97 Å². The number of rotatable bonds is 8. The molecule has 2 amide bonds. The van der Waals surface area contributed by atoms with Crippen LogP contribution >= 0.6 is 11.8 Å². The first-order chi connectivity index (χ1) is 12.5. The van der Waals surface area contributed by atoms with E-state index in [2.05, 4.69) is 11.7 Å². The molecule has 1 aromatic rings. The maximum Gasteiger partial charge on any atom is 0.325 e. The number of methoxy groups -OCH3 is 2. The Morgan fingerprint density at radius 2 is 2.00 bits per heavy atom. The van der Waals surface area contributed by atoms with Crippen LogP contribution < -0.4 is 9.47 Å². The summed E-state index contributed by atoms with van der Waals surface area (Å²) in [5, 5.41) is -0.502. The maximum absolute atomic E-state index is 12.3. The molecule has 1 aliphatic heterocycles. The van der Waals surface area contributed by atoms with E-state index < -0.39 is 23.7 Å². The lowest BCUT2D eigenvalue weighted by atomic mass is 10.2. The van der Waals surface area contributed by atoms with E-state index in [1.165, 1.54) is 14.2 Å². The van der Waals surface area contributed by atoms with Gasteiger partial charge in [-0.2, -0.15) is 0 Å². The van der Waals surface area contributed by atoms with Crippen LogP contribution in [0.4, 0.5) is 4.79 Å². The highest BCUT2D eigenvalue weighted by Gasteiger charge is 2.36. The number of hydrogen-bond donors (Lipinski definition) is 0. The summed E-state index contributed by atoms with van der Waals surface area (Å²) in [6.07, 6.45) is 3.56. The molecule has 0 aromatic heterocycles. The fraction of sp³-hybridized carbons (Fsp3) is 0.389. The van der Waals surface area contributed by atoms with Crippen LogP contribution in [-0.2, 0) is 14.3 Å². The van der Waals surface area contributed by atoms with Gasteiger partial charge < -0.3 is 14.2 Å². The Morgan fingerprint density at radius 1 is 1.23 bits per heavy atom. The Morgan fingerprint density at radius 3 is 2.65 bits per heavy atom. The summed E-state index contributed by atoms with van der Waals surface area (Å²) in [4.78, 5) is 36.7. The van der Waals surface area contributed by atoms with Crippen LogP contribution in [0.5, 0.6) is 11.5 Å². The second-order valence-corrected chi connectivity index (χ2v) is 6.45. The predicted octanol–water partition coefficient (Wildman–Crippen LogP) is 3.08. The van der Waals surface area contributed by atoms with Crippen LogP contribution in [-0.4, -0.2) is 49.4 Å². The minimum absolute atomic E-state index is 0.237. The lowest BCUT2D eigenvalue weighted by Crippen LogP contribution is -2.34. The van der Waals surface area contributed by atoms with Crippen LogP contribution in [0.25, 0.3) is 6.08 Å². The zero-order valence-corrected chi connectivity index (χ0v) is 15.8. The number of unbranched alkanes of at least 4 members (excludes halogenated alkanes) is 1. The Labute approximate surface area is 156 Å². The molecule has 0 unspecified atom stereocenters. The average Bonchev–Trinajstić information content (AvgIpc) is 2.90. The van der Waals surface area contributed by atoms with Gasteiger partial charge in [0.15, 0.2) is 11.5 Å². The summed E-state index contributed by atoms with van der Waals surface area (Å²) in [6.45, 7) is 2.28. The molecule has 1 fully saturated rings. The van der Waals surface area contributed by atoms with Crippen molar-refractivity contribution < 1.29 is 28.6 Å². The monoisotopic (exact) mass is 379 g/mol. The molecule has 1 aromatic carbocycles. The van der Waals surface area contributed by atoms with E-state index >= 15 is 0 Å². The van der Waals surface area contributed by atoms with Gasteiger partial charge in [0.1, 0.15) is 6.54 Å². The van der Waals surface area contributed by atoms with Crippen molar-refractivity contribution >= 4 is 35.0 Å². The van der Waals surface area contributed by atoms with Crippen molar-refractivity contribution in [2.75, 3.05) is 27.4 Å². The van der Waals surface area contributed by atoms with E-state index in [-0.39, 0.29) is 4.91 Å². The van der Waals surface area contributed by atoms with Crippen molar-refractivity contribution in [1.29, 1.82) is 0 Å². The molecule has 1 heterocycles. The Kier molecular flexibility index (Phi) is 7.08. The number of amides is 2. The molecule has 1 saturated heterocycles. The molecule has 0 aliphatic carbocycles. The first kappa shape index (κ1) is 19.8. The highest BCUT2D eigenvalue weighted by Crippen LogP contribution is 2.34. The summed E-state index contributed by atoms with van der Waals surface area (Å²) in [5.41, 5.74) is 0.688. The molecule has 0 radical (unpaired) electrons. The number of ether oxygens (including phenoxy) is 3. The molecular formula is C18H21NO6S. The zero-order chi connectivity index (χ0) is 19.1. The standard InChI is InChI=1S/C18H21NO6S/c1-4-5-8-25-13-7-6-12(9-14(13)23-2)10-15-17(21)19(18(22)26-15)11-16(20)24-3/h6-7,9-10H,4-5,8,11H2,1-3H3/b15-10-. The van der Waals surface area contributed by atoms with Gasteiger partial charge in [0.2, 0.25) is 0 Å². The third-order valence-corrected chi connectivity index (χ3v) is 4.54. The normalized spacial score (nSPS) is 15.5. The van der Waals surface area contributed by atoms with Gasteiger partial charge in [-0.15, -0.1) is 0 Å². The van der Waals surface area contributed by atoms with Crippen molar-refractivity contribution in [2.45, 2.75) is 19.8 Å². The van der Waals surface area contributed by atoms with E-state index in [1.54, 1.807) is 24.3 Å². The fourth-order valence-electron chi connectivity index (χ4n) is 2.20. The summed E-state index contributed by atoms with van der Waals surface area (Å²) in [6, 6.07) is 5.27. The van der Waals surface area contributed by atoms with E-state index in [1.807, 2.05) is 0 Å². The fourth-order valence-corrected chi connectivity index (χ4v) is 3.04. The summed E-state index contributed by atoms with van der Waals surface area (Å²) in [5.74, 6) is -0.00280. The number of carbonyl (C=O) groups is 3. The molecule has 2 rings (SSSR count). The lowest BCUT2D eigenvalue weighted by Gasteiger charge is -2.11. The highest BCUT2D eigenvalue weighted by atomic mass is 32.2. The highest BCUT2D eigenvalue weighted by molar-refractivity contribution is 8.18. The third kappa shape index (κ3) is 4.78. The van der Waals surface area contributed by atoms with Crippen LogP contribution in [0, 0.1) is 0 Å². The van der Waals surface area contributed by atoms with Gasteiger partial charge in [-0.1, -0.05) is 19.4 Å². The second-order valence-electron chi connectivity index (χ2n) is 5.46. The van der Waals surface area contributed by atoms with Crippen molar-refractivity contribution in [3.8, 4) is 11.5 Å². The Hall–Kier alpha value is -2.48. The van der Waals surface area contributed by atoms with E-state index in [9.17, 15) is 14.4 Å². The molecule has 0 saturated carbocycles. The van der Waals surface area contributed by atoms with E-state index in [4.69, 9.17) is 9.47 Å². The van der Waals surface area contributed by atoms with Crippen molar-refractivity contribution in [3.05, 3.63) is 28.7 Å². The minimum Gasteiger partial charge on any atom is -0.493 e. The predicted molar refractivity (Wildman–Crippen MR) is 98.1 cm³/mol. The van der Waals surface area contributed by atoms with Crippen molar-refractivity contribution in [2.24, 2.45) is 0 Å². The number of esters is 1. The average molecular weight is 379 g/mol. The van der Waals surface area contributed by atoms with Crippen molar-refractivity contribution in [3.63, 3.8) is 0 Å². The van der Waals surface area contributed by atoms with E-state index in [0.29, 0.717) is 23.7 Å². The summed E-state index contributed by atoms with van der Waals surface area (Å²) >= 11 is 0.782. The van der Waals surface area contributed by atoms with Gasteiger partial charge in [0.05, 0.1) is 25.7 Å².